The number of fused-ring (bicyclic) bond motifs is 1. The number of aromatic nitrogens is 3. The van der Waals surface area contributed by atoms with Crippen molar-refractivity contribution in [1.29, 1.82) is 0 Å². The summed E-state index contributed by atoms with van der Waals surface area (Å²) in [7, 11) is 0. The Morgan fingerprint density at radius 3 is 2.46 bits per heavy atom. The molecule has 1 amide bonds. The summed E-state index contributed by atoms with van der Waals surface area (Å²) in [5.74, 6) is -0.684. The van der Waals surface area contributed by atoms with Crippen LogP contribution in [0.5, 0.6) is 0 Å². The van der Waals surface area contributed by atoms with E-state index in [0.29, 0.717) is 9.47 Å². The van der Waals surface area contributed by atoms with E-state index in [2.05, 4.69) is 21.5 Å². The monoisotopic (exact) mass is 504 g/mol. The Morgan fingerprint density at radius 2 is 1.77 bits per heavy atom. The van der Waals surface area contributed by atoms with Crippen molar-refractivity contribution in [1.82, 2.24) is 14.8 Å². The summed E-state index contributed by atoms with van der Waals surface area (Å²) in [5.41, 5.74) is 2.86. The van der Waals surface area contributed by atoms with E-state index >= 15 is 0 Å². The van der Waals surface area contributed by atoms with Crippen LogP contribution in [0, 0.1) is 11.2 Å². The standard InChI is InChI=1S/C27H22ClFN4OS/c1-27(2,25(34)32-26-30-16-23(28)35-26)24(17-6-4-3-5-7-17)18-8-13-22-19(14-18)15-31-33(22)21-11-9-20(29)10-12-21/h3-16,24H,1-2H3,(H,30,32,34). The maximum atomic E-state index is 13.5. The highest BCUT2D eigenvalue weighted by atomic mass is 35.5. The first kappa shape index (κ1) is 23.2. The minimum atomic E-state index is -0.819. The van der Waals surface area contributed by atoms with Gasteiger partial charge >= 0.3 is 0 Å². The molecule has 5 aromatic rings. The third kappa shape index (κ3) is 4.57. The van der Waals surface area contributed by atoms with E-state index in [1.807, 2.05) is 56.3 Å². The Morgan fingerprint density at radius 1 is 1.03 bits per heavy atom. The zero-order valence-electron chi connectivity index (χ0n) is 19.1. The van der Waals surface area contributed by atoms with Crippen molar-refractivity contribution in [2.75, 3.05) is 5.32 Å². The predicted octanol–water partition coefficient (Wildman–Crippen LogP) is 7.07. The number of nitrogens with one attached hydrogen (secondary N) is 1. The number of rotatable bonds is 6. The maximum Gasteiger partial charge on any atom is 0.232 e. The number of carbonyl (C=O) groups excluding carboxylic acids is 1. The number of thiazole rings is 1. The lowest BCUT2D eigenvalue weighted by Gasteiger charge is -2.34. The number of nitrogens with zero attached hydrogens (tertiary/aromatic N) is 3. The van der Waals surface area contributed by atoms with Crippen LogP contribution in [0.25, 0.3) is 16.6 Å². The molecule has 5 nitrogen and oxygen atoms in total. The van der Waals surface area contributed by atoms with Gasteiger partial charge in [0, 0.05) is 11.3 Å². The summed E-state index contributed by atoms with van der Waals surface area (Å²) >= 11 is 7.23. The lowest BCUT2D eigenvalue weighted by molar-refractivity contribution is -0.124. The molecule has 2 aromatic heterocycles. The van der Waals surface area contributed by atoms with Crippen molar-refractivity contribution in [3.05, 3.63) is 106 Å². The Labute approximate surface area is 211 Å². The number of amides is 1. The van der Waals surface area contributed by atoms with Crippen molar-refractivity contribution < 1.29 is 9.18 Å². The fourth-order valence-electron chi connectivity index (χ4n) is 4.39. The predicted molar refractivity (Wildman–Crippen MR) is 139 cm³/mol. The van der Waals surface area contributed by atoms with Gasteiger partial charge in [-0.25, -0.2) is 14.1 Å². The summed E-state index contributed by atoms with van der Waals surface area (Å²) in [6.07, 6.45) is 3.31. The molecular weight excluding hydrogens is 483 g/mol. The van der Waals surface area contributed by atoms with Crippen molar-refractivity contribution in [3.8, 4) is 5.69 Å². The van der Waals surface area contributed by atoms with E-state index < -0.39 is 5.41 Å². The summed E-state index contributed by atoms with van der Waals surface area (Å²) in [6, 6.07) is 22.3. The minimum Gasteiger partial charge on any atom is -0.301 e. The average molecular weight is 505 g/mol. The van der Waals surface area contributed by atoms with Crippen LogP contribution in [-0.4, -0.2) is 20.7 Å². The Balaban J connectivity index is 1.56. The van der Waals surface area contributed by atoms with E-state index in [9.17, 15) is 9.18 Å². The third-order valence-electron chi connectivity index (χ3n) is 6.13. The van der Waals surface area contributed by atoms with Gasteiger partial charge in [-0.2, -0.15) is 5.10 Å². The molecule has 176 valence electrons. The fraction of sp³-hybridized carbons (Fsp3) is 0.148. The second kappa shape index (κ2) is 9.24. The van der Waals surface area contributed by atoms with Crippen LogP contribution in [0.15, 0.2) is 85.2 Å². The van der Waals surface area contributed by atoms with E-state index in [1.54, 1.807) is 23.0 Å². The lowest BCUT2D eigenvalue weighted by Crippen LogP contribution is -2.37. The van der Waals surface area contributed by atoms with Crippen molar-refractivity contribution in [2.45, 2.75) is 19.8 Å². The topological polar surface area (TPSA) is 59.8 Å². The largest absolute Gasteiger partial charge is 0.301 e. The van der Waals surface area contributed by atoms with Gasteiger partial charge in [0.2, 0.25) is 5.91 Å². The molecule has 0 radical (unpaired) electrons. The van der Waals surface area contributed by atoms with Gasteiger partial charge in [-0.1, -0.05) is 73.2 Å². The van der Waals surface area contributed by atoms with E-state index in [0.717, 1.165) is 27.7 Å². The first-order valence-corrected chi connectivity index (χ1v) is 12.2. The number of hydrogen-bond acceptors (Lipinski definition) is 4. The lowest BCUT2D eigenvalue weighted by atomic mass is 9.70. The molecule has 1 atom stereocenters. The average Bonchev–Trinajstić information content (AvgIpc) is 3.46. The molecule has 1 unspecified atom stereocenters. The van der Waals surface area contributed by atoms with Crippen LogP contribution in [0.3, 0.4) is 0 Å². The molecule has 0 aliphatic heterocycles. The van der Waals surface area contributed by atoms with Crippen LogP contribution >= 0.6 is 22.9 Å². The number of halogens is 2. The van der Waals surface area contributed by atoms with Crippen LogP contribution in [0.4, 0.5) is 9.52 Å². The zero-order chi connectivity index (χ0) is 24.6. The van der Waals surface area contributed by atoms with Gasteiger partial charge < -0.3 is 5.32 Å². The molecule has 0 saturated heterocycles. The second-order valence-electron chi connectivity index (χ2n) is 8.84. The van der Waals surface area contributed by atoms with Gasteiger partial charge in [0.15, 0.2) is 5.13 Å². The second-order valence-corrected chi connectivity index (χ2v) is 10.5. The van der Waals surface area contributed by atoms with Crippen molar-refractivity contribution >= 4 is 44.9 Å². The molecule has 0 fully saturated rings. The molecule has 8 heteroatoms. The highest BCUT2D eigenvalue weighted by molar-refractivity contribution is 7.19. The molecule has 0 bridgehead atoms. The highest BCUT2D eigenvalue weighted by Crippen LogP contribution is 2.43. The van der Waals surface area contributed by atoms with E-state index in [4.69, 9.17) is 11.6 Å². The number of hydrogen-bond donors (Lipinski definition) is 1. The summed E-state index contributed by atoms with van der Waals surface area (Å²) in [6.45, 7) is 3.86. The summed E-state index contributed by atoms with van der Waals surface area (Å²) in [5, 5.41) is 8.84. The summed E-state index contributed by atoms with van der Waals surface area (Å²) < 4.78 is 15.7. The van der Waals surface area contributed by atoms with Gasteiger partial charge in [0.1, 0.15) is 10.2 Å². The van der Waals surface area contributed by atoms with Crippen molar-refractivity contribution in [3.63, 3.8) is 0 Å². The van der Waals surface area contributed by atoms with Gasteiger partial charge in [0.25, 0.3) is 0 Å². The fourth-order valence-corrected chi connectivity index (χ4v) is 5.20. The Hall–Kier alpha value is -3.55. The number of anilines is 1. The van der Waals surface area contributed by atoms with E-state index in [1.165, 1.54) is 29.7 Å². The normalized spacial score (nSPS) is 12.6. The van der Waals surface area contributed by atoms with Gasteiger partial charge in [-0.3, -0.25) is 4.79 Å². The van der Waals surface area contributed by atoms with E-state index in [-0.39, 0.29) is 17.6 Å². The quantitative estimate of drug-likeness (QED) is 0.269. The van der Waals surface area contributed by atoms with Crippen molar-refractivity contribution in [2.24, 2.45) is 5.41 Å². The van der Waals surface area contributed by atoms with Gasteiger partial charge in [0.05, 0.1) is 29.0 Å². The molecule has 0 aliphatic rings. The molecule has 3 aromatic carbocycles. The highest BCUT2D eigenvalue weighted by Gasteiger charge is 2.39. The molecule has 0 spiro atoms. The first-order chi connectivity index (χ1) is 16.8. The smallest absolute Gasteiger partial charge is 0.232 e. The molecule has 5 rings (SSSR count). The maximum absolute atomic E-state index is 13.5. The third-order valence-corrected chi connectivity index (χ3v) is 7.16. The molecule has 1 N–H and O–H groups in total. The van der Waals surface area contributed by atoms with Crippen LogP contribution in [0.1, 0.15) is 30.9 Å². The van der Waals surface area contributed by atoms with Gasteiger partial charge in [-0.05, 0) is 47.5 Å². The molecule has 35 heavy (non-hydrogen) atoms. The zero-order valence-corrected chi connectivity index (χ0v) is 20.6. The van der Waals surface area contributed by atoms with Crippen LogP contribution < -0.4 is 5.32 Å². The first-order valence-electron chi connectivity index (χ1n) is 11.0. The van der Waals surface area contributed by atoms with Crippen LogP contribution in [-0.2, 0) is 4.79 Å². The molecule has 0 aliphatic carbocycles. The Kier molecular flexibility index (Phi) is 6.13. The molecule has 0 saturated carbocycles. The molecule has 2 heterocycles. The number of carbonyl (C=O) groups is 1. The molecular formula is C27H22ClFN4OS. The van der Waals surface area contributed by atoms with Gasteiger partial charge in [-0.15, -0.1) is 0 Å². The number of benzene rings is 3. The summed E-state index contributed by atoms with van der Waals surface area (Å²) in [4.78, 5) is 17.6. The Bertz CT molecular complexity index is 1490. The minimum absolute atomic E-state index is 0.153. The SMILES string of the molecule is CC(C)(C(=O)Nc1ncc(Cl)s1)C(c1ccccc1)c1ccc2c(cnn2-c2ccc(F)cc2)c1. The van der Waals surface area contributed by atoms with Crippen LogP contribution in [0.2, 0.25) is 4.34 Å².